The lowest BCUT2D eigenvalue weighted by Crippen LogP contribution is -2.45. The minimum atomic E-state index is -0.110. The number of aromatic nitrogens is 1. The molecular weight excluding hydrogens is 380 g/mol. The highest BCUT2D eigenvalue weighted by molar-refractivity contribution is 5.79. The maximum absolute atomic E-state index is 5.83. The lowest BCUT2D eigenvalue weighted by Gasteiger charge is -2.24. The smallest absolute Gasteiger partial charge is 0.213 e. The van der Waals surface area contributed by atoms with Gasteiger partial charge in [0.05, 0.1) is 12.1 Å². The summed E-state index contributed by atoms with van der Waals surface area (Å²) in [5.74, 6) is 2.20. The average Bonchev–Trinajstić information content (AvgIpc) is 3.21. The molecule has 1 aliphatic heterocycles. The zero-order valence-corrected chi connectivity index (χ0v) is 17.9. The number of hydrogen-bond donors (Lipinski definition) is 2. The number of rotatable bonds is 10. The molecule has 3 rings (SSSR count). The summed E-state index contributed by atoms with van der Waals surface area (Å²) >= 11 is 0. The van der Waals surface area contributed by atoms with Crippen LogP contribution in [0.1, 0.15) is 32.3 Å². The van der Waals surface area contributed by atoms with Gasteiger partial charge in [-0.25, -0.2) is 9.98 Å². The third kappa shape index (κ3) is 7.22. The van der Waals surface area contributed by atoms with Crippen LogP contribution in [0.5, 0.6) is 11.6 Å². The highest BCUT2D eigenvalue weighted by Crippen LogP contribution is 2.23. The van der Waals surface area contributed by atoms with Gasteiger partial charge in [-0.2, -0.15) is 0 Å². The van der Waals surface area contributed by atoms with Crippen LogP contribution in [0.4, 0.5) is 0 Å². The number of para-hydroxylation sites is 1. The Kier molecular flexibility index (Phi) is 8.32. The fraction of sp³-hybridized carbons (Fsp3) is 0.478. The van der Waals surface area contributed by atoms with Crippen molar-refractivity contribution in [1.29, 1.82) is 0 Å². The second kappa shape index (κ2) is 11.4. The van der Waals surface area contributed by atoms with Crippen molar-refractivity contribution in [2.45, 2.75) is 38.8 Å². The minimum absolute atomic E-state index is 0.110. The molecule has 0 spiro atoms. The summed E-state index contributed by atoms with van der Waals surface area (Å²) in [4.78, 5) is 9.01. The molecule has 2 heterocycles. The molecule has 1 atom stereocenters. The van der Waals surface area contributed by atoms with Gasteiger partial charge in [0.15, 0.2) is 5.96 Å². The van der Waals surface area contributed by atoms with Crippen LogP contribution in [0.25, 0.3) is 0 Å². The fourth-order valence-electron chi connectivity index (χ4n) is 3.17. The van der Waals surface area contributed by atoms with E-state index in [4.69, 9.17) is 14.2 Å². The topological polar surface area (TPSA) is 77.0 Å². The van der Waals surface area contributed by atoms with Gasteiger partial charge in [-0.05, 0) is 44.4 Å². The van der Waals surface area contributed by atoms with E-state index in [0.29, 0.717) is 25.6 Å². The molecule has 2 N–H and O–H groups in total. The molecule has 7 heteroatoms. The molecule has 0 amide bonds. The van der Waals surface area contributed by atoms with Crippen LogP contribution in [0.3, 0.4) is 0 Å². The van der Waals surface area contributed by atoms with Gasteiger partial charge < -0.3 is 24.8 Å². The van der Waals surface area contributed by atoms with E-state index >= 15 is 0 Å². The maximum Gasteiger partial charge on any atom is 0.213 e. The first kappa shape index (κ1) is 21.9. The summed E-state index contributed by atoms with van der Waals surface area (Å²) in [6.07, 6.45) is 3.98. The average molecular weight is 413 g/mol. The van der Waals surface area contributed by atoms with Crippen LogP contribution in [0, 0.1) is 0 Å². The monoisotopic (exact) mass is 412 g/mol. The normalized spacial score (nSPS) is 18.8. The summed E-state index contributed by atoms with van der Waals surface area (Å²) in [5, 5.41) is 6.67. The molecule has 1 aromatic carbocycles. The first-order valence-corrected chi connectivity index (χ1v) is 10.6. The standard InChI is InChI=1S/C23H32N4O3/c1-3-24-22(27-18-23(2)12-7-13-30-23)26-17-19-10-11-21(25-16-19)29-15-14-28-20-8-5-4-6-9-20/h4-6,8-11,16H,3,7,12-15,17-18H2,1-2H3,(H2,24,26,27). The number of ether oxygens (including phenoxy) is 3. The van der Waals surface area contributed by atoms with E-state index in [0.717, 1.165) is 49.8 Å². The van der Waals surface area contributed by atoms with Gasteiger partial charge in [0.1, 0.15) is 19.0 Å². The number of hydrogen-bond acceptors (Lipinski definition) is 5. The molecule has 0 saturated carbocycles. The number of pyridine rings is 1. The Morgan fingerprint density at radius 2 is 1.97 bits per heavy atom. The molecule has 162 valence electrons. The van der Waals surface area contributed by atoms with E-state index in [1.807, 2.05) is 42.5 Å². The van der Waals surface area contributed by atoms with Gasteiger partial charge in [0.25, 0.3) is 0 Å². The van der Waals surface area contributed by atoms with Gasteiger partial charge in [-0.15, -0.1) is 0 Å². The number of guanidine groups is 1. The Hall–Kier alpha value is -2.80. The molecule has 1 saturated heterocycles. The molecule has 30 heavy (non-hydrogen) atoms. The van der Waals surface area contributed by atoms with Gasteiger partial charge >= 0.3 is 0 Å². The molecule has 7 nitrogen and oxygen atoms in total. The fourth-order valence-corrected chi connectivity index (χ4v) is 3.17. The molecule has 0 bridgehead atoms. The van der Waals surface area contributed by atoms with E-state index in [-0.39, 0.29) is 5.60 Å². The summed E-state index contributed by atoms with van der Waals surface area (Å²) in [6, 6.07) is 13.5. The minimum Gasteiger partial charge on any atom is -0.490 e. The second-order valence-corrected chi connectivity index (χ2v) is 7.47. The van der Waals surface area contributed by atoms with Crippen molar-refractivity contribution in [3.05, 3.63) is 54.2 Å². The van der Waals surface area contributed by atoms with Crippen molar-refractivity contribution in [3.63, 3.8) is 0 Å². The van der Waals surface area contributed by atoms with Crippen LogP contribution < -0.4 is 20.1 Å². The predicted octanol–water partition coefficient (Wildman–Crippen LogP) is 3.16. The van der Waals surface area contributed by atoms with Gasteiger partial charge in [-0.3, -0.25) is 0 Å². The van der Waals surface area contributed by atoms with E-state index in [1.165, 1.54) is 0 Å². The Bertz CT molecular complexity index is 775. The van der Waals surface area contributed by atoms with Crippen LogP contribution >= 0.6 is 0 Å². The lowest BCUT2D eigenvalue weighted by atomic mass is 10.0. The Labute approximate surface area is 178 Å². The van der Waals surface area contributed by atoms with Crippen molar-refractivity contribution in [1.82, 2.24) is 15.6 Å². The van der Waals surface area contributed by atoms with Gasteiger partial charge in [0.2, 0.25) is 5.88 Å². The second-order valence-electron chi connectivity index (χ2n) is 7.47. The predicted molar refractivity (Wildman–Crippen MR) is 118 cm³/mol. The Morgan fingerprint density at radius 1 is 1.13 bits per heavy atom. The van der Waals surface area contributed by atoms with Crippen molar-refractivity contribution >= 4 is 5.96 Å². The Morgan fingerprint density at radius 3 is 2.67 bits per heavy atom. The van der Waals surface area contributed by atoms with Crippen molar-refractivity contribution in [2.75, 3.05) is 32.9 Å². The molecule has 1 aliphatic rings. The van der Waals surface area contributed by atoms with E-state index in [1.54, 1.807) is 6.20 Å². The van der Waals surface area contributed by atoms with Gasteiger partial charge in [-0.1, -0.05) is 24.3 Å². The number of benzene rings is 1. The number of nitrogens with one attached hydrogen (secondary N) is 2. The van der Waals surface area contributed by atoms with Crippen molar-refractivity contribution in [3.8, 4) is 11.6 Å². The summed E-state index contributed by atoms with van der Waals surface area (Å²) in [6.45, 7) is 8.03. The SMILES string of the molecule is CCNC(=NCc1ccc(OCCOc2ccccc2)nc1)NCC1(C)CCCO1. The molecule has 2 aromatic rings. The third-order valence-corrected chi connectivity index (χ3v) is 4.84. The highest BCUT2D eigenvalue weighted by Gasteiger charge is 2.29. The first-order chi connectivity index (χ1) is 14.7. The van der Waals surface area contributed by atoms with Crippen LogP contribution in [-0.2, 0) is 11.3 Å². The summed E-state index contributed by atoms with van der Waals surface area (Å²) in [5.41, 5.74) is 0.907. The van der Waals surface area contributed by atoms with E-state index < -0.39 is 0 Å². The molecule has 1 aromatic heterocycles. The van der Waals surface area contributed by atoms with Gasteiger partial charge in [0, 0.05) is 32.0 Å². The summed E-state index contributed by atoms with van der Waals surface area (Å²) in [7, 11) is 0. The molecule has 1 unspecified atom stereocenters. The van der Waals surface area contributed by atoms with Crippen molar-refractivity contribution in [2.24, 2.45) is 4.99 Å². The number of aliphatic imine (C=N–C) groups is 1. The zero-order valence-electron chi connectivity index (χ0n) is 17.9. The first-order valence-electron chi connectivity index (χ1n) is 10.6. The zero-order chi connectivity index (χ0) is 21.1. The van der Waals surface area contributed by atoms with Crippen LogP contribution in [-0.4, -0.2) is 49.5 Å². The molecule has 1 fully saturated rings. The summed E-state index contributed by atoms with van der Waals surface area (Å²) < 4.78 is 17.1. The van der Waals surface area contributed by atoms with E-state index in [2.05, 4.69) is 34.5 Å². The molecular formula is C23H32N4O3. The van der Waals surface area contributed by atoms with Crippen LogP contribution in [0.2, 0.25) is 0 Å². The van der Waals surface area contributed by atoms with Crippen molar-refractivity contribution < 1.29 is 14.2 Å². The van der Waals surface area contributed by atoms with E-state index in [9.17, 15) is 0 Å². The highest BCUT2D eigenvalue weighted by atomic mass is 16.5. The maximum atomic E-state index is 5.83. The number of nitrogens with zero attached hydrogens (tertiary/aromatic N) is 2. The Balaban J connectivity index is 1.42. The van der Waals surface area contributed by atoms with Crippen LogP contribution in [0.15, 0.2) is 53.7 Å². The quantitative estimate of drug-likeness (QED) is 0.355. The molecule has 0 radical (unpaired) electrons. The lowest BCUT2D eigenvalue weighted by molar-refractivity contribution is 0.0243. The third-order valence-electron chi connectivity index (χ3n) is 4.84. The largest absolute Gasteiger partial charge is 0.490 e. The molecule has 0 aliphatic carbocycles.